The fourth-order valence-corrected chi connectivity index (χ4v) is 3.20. The van der Waals surface area contributed by atoms with E-state index in [0.29, 0.717) is 17.6 Å². The first kappa shape index (κ1) is 12.8. The van der Waals surface area contributed by atoms with Gasteiger partial charge in [-0.3, -0.25) is 4.79 Å². The molecule has 88 valence electrons. The fourth-order valence-electron chi connectivity index (χ4n) is 1.92. The second kappa shape index (κ2) is 6.38. The number of esters is 1. The van der Waals surface area contributed by atoms with Gasteiger partial charge < -0.3 is 10.5 Å². The minimum Gasteiger partial charge on any atom is -0.465 e. The van der Waals surface area contributed by atoms with Gasteiger partial charge in [0.15, 0.2) is 0 Å². The molecule has 0 bridgehead atoms. The largest absolute Gasteiger partial charge is 0.465 e. The number of hydrogen-bond acceptors (Lipinski definition) is 4. The van der Waals surface area contributed by atoms with Crippen LogP contribution in [0.5, 0.6) is 0 Å². The van der Waals surface area contributed by atoms with Gasteiger partial charge in [0.2, 0.25) is 0 Å². The molecule has 3 nitrogen and oxygen atoms in total. The number of nitrogens with two attached hydrogens (primary N) is 1. The van der Waals surface area contributed by atoms with Crippen molar-refractivity contribution in [2.75, 3.05) is 12.4 Å². The van der Waals surface area contributed by atoms with Crippen LogP contribution in [-0.4, -0.2) is 29.6 Å². The first-order chi connectivity index (χ1) is 7.13. The average Bonchev–Trinajstić information content (AvgIpc) is 2.20. The van der Waals surface area contributed by atoms with E-state index in [1.54, 1.807) is 11.8 Å². The van der Waals surface area contributed by atoms with Crippen LogP contribution in [0.1, 0.15) is 33.1 Å². The second-order valence-electron chi connectivity index (χ2n) is 4.24. The van der Waals surface area contributed by atoms with Crippen molar-refractivity contribution < 1.29 is 9.53 Å². The van der Waals surface area contributed by atoms with E-state index >= 15 is 0 Å². The summed E-state index contributed by atoms with van der Waals surface area (Å²) in [5.41, 5.74) is 6.03. The molecule has 3 atom stereocenters. The van der Waals surface area contributed by atoms with Crippen LogP contribution < -0.4 is 5.73 Å². The van der Waals surface area contributed by atoms with Crippen LogP contribution in [0.4, 0.5) is 0 Å². The number of thioether (sulfide) groups is 1. The third-order valence-electron chi connectivity index (χ3n) is 2.83. The lowest BCUT2D eigenvalue weighted by molar-refractivity contribution is -0.139. The smallest absolute Gasteiger partial charge is 0.315 e. The van der Waals surface area contributed by atoms with Gasteiger partial charge in [0.25, 0.3) is 0 Å². The summed E-state index contributed by atoms with van der Waals surface area (Å²) in [6.07, 6.45) is 3.44. The monoisotopic (exact) mass is 231 g/mol. The number of rotatable bonds is 4. The molecule has 1 aliphatic rings. The van der Waals surface area contributed by atoms with Gasteiger partial charge in [-0.15, -0.1) is 11.8 Å². The SMILES string of the molecule is CCOC(=O)CSC1CC(C)CCC1N. The van der Waals surface area contributed by atoms with Gasteiger partial charge in [-0.2, -0.15) is 0 Å². The Balaban J connectivity index is 2.27. The molecule has 1 rings (SSSR count). The van der Waals surface area contributed by atoms with Crippen LogP contribution in [0.2, 0.25) is 0 Å². The van der Waals surface area contributed by atoms with Gasteiger partial charge >= 0.3 is 5.97 Å². The molecule has 0 aromatic heterocycles. The maximum Gasteiger partial charge on any atom is 0.315 e. The Morgan fingerprint density at radius 2 is 2.27 bits per heavy atom. The zero-order chi connectivity index (χ0) is 11.3. The van der Waals surface area contributed by atoms with Crippen molar-refractivity contribution in [3.05, 3.63) is 0 Å². The number of carbonyl (C=O) groups is 1. The van der Waals surface area contributed by atoms with E-state index in [4.69, 9.17) is 10.5 Å². The number of carbonyl (C=O) groups excluding carboxylic acids is 1. The first-order valence-corrected chi connectivity index (χ1v) is 6.71. The molecule has 0 aliphatic heterocycles. The highest BCUT2D eigenvalue weighted by Crippen LogP contribution is 2.31. The Labute approximate surface area is 96.1 Å². The molecule has 1 aliphatic carbocycles. The van der Waals surface area contributed by atoms with Gasteiger partial charge in [0, 0.05) is 11.3 Å². The van der Waals surface area contributed by atoms with Crippen LogP contribution in [0.25, 0.3) is 0 Å². The van der Waals surface area contributed by atoms with E-state index < -0.39 is 0 Å². The van der Waals surface area contributed by atoms with Crippen LogP contribution in [0.3, 0.4) is 0 Å². The van der Waals surface area contributed by atoms with Crippen molar-refractivity contribution in [3.63, 3.8) is 0 Å². The van der Waals surface area contributed by atoms with E-state index in [2.05, 4.69) is 6.92 Å². The van der Waals surface area contributed by atoms with Crippen molar-refractivity contribution in [2.45, 2.75) is 44.4 Å². The zero-order valence-corrected chi connectivity index (χ0v) is 10.4. The van der Waals surface area contributed by atoms with Crippen LogP contribution in [0, 0.1) is 5.92 Å². The summed E-state index contributed by atoms with van der Waals surface area (Å²) in [6, 6.07) is 0.251. The molecular formula is C11H21NO2S. The standard InChI is InChI=1S/C11H21NO2S/c1-3-14-11(13)7-15-10-6-8(2)4-5-9(10)12/h8-10H,3-7,12H2,1-2H3. The highest BCUT2D eigenvalue weighted by molar-refractivity contribution is 8.00. The van der Waals surface area contributed by atoms with E-state index in [1.165, 1.54) is 6.42 Å². The zero-order valence-electron chi connectivity index (χ0n) is 9.57. The lowest BCUT2D eigenvalue weighted by atomic mass is 9.87. The third-order valence-corrected chi connectivity index (χ3v) is 4.20. The van der Waals surface area contributed by atoms with Gasteiger partial charge in [-0.05, 0) is 32.1 Å². The first-order valence-electron chi connectivity index (χ1n) is 5.66. The van der Waals surface area contributed by atoms with Crippen LogP contribution in [-0.2, 0) is 9.53 Å². The van der Waals surface area contributed by atoms with Gasteiger partial charge in [-0.1, -0.05) is 6.92 Å². The summed E-state index contributed by atoms with van der Waals surface area (Å²) in [5.74, 6) is 1.07. The molecule has 0 aromatic carbocycles. The predicted octanol–water partition coefficient (Wildman–Crippen LogP) is 1.80. The Morgan fingerprint density at radius 1 is 1.53 bits per heavy atom. The van der Waals surface area contributed by atoms with E-state index in [-0.39, 0.29) is 12.0 Å². The van der Waals surface area contributed by atoms with Crippen LogP contribution in [0.15, 0.2) is 0 Å². The minimum absolute atomic E-state index is 0.118. The number of ether oxygens (including phenoxy) is 1. The molecule has 15 heavy (non-hydrogen) atoms. The highest BCUT2D eigenvalue weighted by atomic mass is 32.2. The van der Waals surface area contributed by atoms with Crippen molar-refractivity contribution in [2.24, 2.45) is 11.7 Å². The van der Waals surface area contributed by atoms with Crippen molar-refractivity contribution in [1.29, 1.82) is 0 Å². The summed E-state index contributed by atoms with van der Waals surface area (Å²) in [6.45, 7) is 4.55. The molecule has 1 fully saturated rings. The molecule has 4 heteroatoms. The molecule has 0 heterocycles. The Morgan fingerprint density at radius 3 is 2.93 bits per heavy atom. The predicted molar refractivity (Wildman–Crippen MR) is 63.9 cm³/mol. The summed E-state index contributed by atoms with van der Waals surface area (Å²) < 4.78 is 4.89. The van der Waals surface area contributed by atoms with Crippen molar-refractivity contribution in [3.8, 4) is 0 Å². The topological polar surface area (TPSA) is 52.3 Å². The Bertz CT molecular complexity index is 211. The maximum absolute atomic E-state index is 11.2. The summed E-state index contributed by atoms with van der Waals surface area (Å²) >= 11 is 1.66. The molecule has 1 saturated carbocycles. The Kier molecular flexibility index (Phi) is 5.47. The summed E-state index contributed by atoms with van der Waals surface area (Å²) in [7, 11) is 0. The quantitative estimate of drug-likeness (QED) is 0.750. The molecule has 0 aromatic rings. The van der Waals surface area contributed by atoms with E-state index in [1.807, 2.05) is 6.92 Å². The van der Waals surface area contributed by atoms with E-state index in [9.17, 15) is 4.79 Å². The second-order valence-corrected chi connectivity index (χ2v) is 5.46. The highest BCUT2D eigenvalue weighted by Gasteiger charge is 2.26. The van der Waals surface area contributed by atoms with Gasteiger partial charge in [0.05, 0.1) is 12.4 Å². The minimum atomic E-state index is -0.118. The lowest BCUT2D eigenvalue weighted by Gasteiger charge is -2.31. The number of hydrogen-bond donors (Lipinski definition) is 1. The molecule has 3 unspecified atom stereocenters. The van der Waals surface area contributed by atoms with E-state index in [0.717, 1.165) is 18.8 Å². The van der Waals surface area contributed by atoms with Crippen LogP contribution >= 0.6 is 11.8 Å². The summed E-state index contributed by atoms with van der Waals surface area (Å²) in [4.78, 5) is 11.2. The summed E-state index contributed by atoms with van der Waals surface area (Å²) in [5, 5.41) is 0.429. The normalized spacial score (nSPS) is 31.3. The molecule has 2 N–H and O–H groups in total. The fraction of sp³-hybridized carbons (Fsp3) is 0.909. The molecule has 0 saturated heterocycles. The van der Waals surface area contributed by atoms with Crippen molar-refractivity contribution in [1.82, 2.24) is 0 Å². The van der Waals surface area contributed by atoms with Gasteiger partial charge in [0.1, 0.15) is 0 Å². The molecule has 0 amide bonds. The lowest BCUT2D eigenvalue weighted by Crippen LogP contribution is -2.38. The average molecular weight is 231 g/mol. The molecule has 0 spiro atoms. The molecule has 0 radical (unpaired) electrons. The maximum atomic E-state index is 11.2. The third kappa shape index (κ3) is 4.43. The van der Waals surface area contributed by atoms with Gasteiger partial charge in [-0.25, -0.2) is 0 Å². The van der Waals surface area contributed by atoms with Crippen molar-refractivity contribution >= 4 is 17.7 Å². The Hall–Kier alpha value is -0.220. The molecular weight excluding hydrogens is 210 g/mol.